The molecule has 1 aliphatic heterocycles. The van der Waals surface area contributed by atoms with Gasteiger partial charge in [0.15, 0.2) is 5.82 Å². The van der Waals surface area contributed by atoms with Crippen molar-refractivity contribution in [2.75, 3.05) is 10.0 Å². The summed E-state index contributed by atoms with van der Waals surface area (Å²) in [5.74, 6) is 1.47. The lowest BCUT2D eigenvalue weighted by molar-refractivity contribution is 0.253. The van der Waals surface area contributed by atoms with E-state index in [9.17, 15) is 8.42 Å². The number of rotatable bonds is 6. The zero-order chi connectivity index (χ0) is 30.6. The summed E-state index contributed by atoms with van der Waals surface area (Å²) in [5, 5.41) is 3.50. The van der Waals surface area contributed by atoms with Gasteiger partial charge in [-0.25, -0.2) is 18.4 Å². The molecule has 0 spiro atoms. The molecular formula is C36H33Cl3N6O2S. The van der Waals surface area contributed by atoms with Crippen LogP contribution >= 0.6 is 37.2 Å². The third kappa shape index (κ3) is 6.04. The van der Waals surface area contributed by atoms with Crippen LogP contribution in [0.15, 0.2) is 126 Å². The summed E-state index contributed by atoms with van der Waals surface area (Å²) in [6.07, 6.45) is 4.87. The largest absolute Gasteiger partial charge is 0.338 e. The van der Waals surface area contributed by atoms with E-state index < -0.39 is 10.0 Å². The number of hydrogen-bond donors (Lipinski definition) is 3. The third-order valence-electron chi connectivity index (χ3n) is 8.75. The normalized spacial score (nSPS) is 13.7. The molecule has 4 aromatic carbocycles. The number of para-hydroxylation sites is 1. The van der Waals surface area contributed by atoms with E-state index in [-0.39, 0.29) is 47.7 Å². The number of nitrogens with one attached hydrogen (secondary N) is 2. The molecule has 1 saturated carbocycles. The molecular weight excluding hydrogens is 687 g/mol. The Morgan fingerprint density at radius 2 is 1.52 bits per heavy atom. The highest BCUT2D eigenvalue weighted by molar-refractivity contribution is 7.92. The van der Waals surface area contributed by atoms with Crippen LogP contribution < -0.4 is 15.8 Å². The first-order chi connectivity index (χ1) is 21.9. The number of imidazole rings is 1. The van der Waals surface area contributed by atoms with Crippen molar-refractivity contribution >= 4 is 64.4 Å². The molecule has 8 rings (SSSR count). The average Bonchev–Trinajstić information content (AvgIpc) is 3.39. The van der Waals surface area contributed by atoms with Crippen LogP contribution in [0.1, 0.15) is 24.8 Å². The Morgan fingerprint density at radius 3 is 2.25 bits per heavy atom. The van der Waals surface area contributed by atoms with E-state index in [0.29, 0.717) is 11.5 Å². The second kappa shape index (κ2) is 13.6. The van der Waals surface area contributed by atoms with Gasteiger partial charge in [-0.1, -0.05) is 66.7 Å². The summed E-state index contributed by atoms with van der Waals surface area (Å²) < 4.78 is 31.3. The zero-order valence-corrected chi connectivity index (χ0v) is 28.8. The molecule has 8 nitrogen and oxygen atoms in total. The number of anilines is 3. The minimum atomic E-state index is -3.78. The Hall–Kier alpha value is -4.38. The molecule has 1 fully saturated rings. The van der Waals surface area contributed by atoms with E-state index in [1.165, 1.54) is 0 Å². The number of benzene rings is 4. The molecule has 12 heteroatoms. The third-order valence-corrected chi connectivity index (χ3v) is 10.1. The van der Waals surface area contributed by atoms with Gasteiger partial charge >= 0.3 is 0 Å². The standard InChI is InChI=1S/C36H30N6O2S.3ClH/c37-36(20-8-21-36)26-18-16-24(17-19-26)33-32(25-9-6-10-27(23-25)41-45(43,44)28-11-2-1-3-12-28)40-35-29-13-4-5-14-30(29)39-34-31(42(33)35)15-7-22-38-34;;;/h1-7,9-19,22-23,41H,8,20-21,37H2,(H,38,39);3*1H. The number of nitrogens with zero attached hydrogens (tertiary/aromatic N) is 3. The highest BCUT2D eigenvalue weighted by Gasteiger charge is 2.34. The molecule has 0 radical (unpaired) electrons. The van der Waals surface area contributed by atoms with Gasteiger partial charge in [-0.15, -0.1) is 37.2 Å². The van der Waals surface area contributed by atoms with E-state index in [2.05, 4.69) is 43.9 Å². The number of halogens is 3. The average molecular weight is 720 g/mol. The Balaban J connectivity index is 0.00000150. The van der Waals surface area contributed by atoms with E-state index in [0.717, 1.165) is 70.1 Å². The highest BCUT2D eigenvalue weighted by Crippen LogP contribution is 2.45. The Kier molecular flexibility index (Phi) is 9.92. The van der Waals surface area contributed by atoms with E-state index in [4.69, 9.17) is 10.7 Å². The fourth-order valence-corrected chi connectivity index (χ4v) is 7.31. The second-order valence-electron chi connectivity index (χ2n) is 11.6. The molecule has 2 aromatic heterocycles. The first-order valence-corrected chi connectivity index (χ1v) is 16.4. The van der Waals surface area contributed by atoms with E-state index in [1.807, 2.05) is 54.6 Å². The maximum atomic E-state index is 13.2. The van der Waals surface area contributed by atoms with Gasteiger partial charge in [-0.05, 0) is 73.4 Å². The van der Waals surface area contributed by atoms with Crippen LogP contribution in [0.25, 0.3) is 39.6 Å². The van der Waals surface area contributed by atoms with Crippen LogP contribution in [0, 0.1) is 0 Å². The maximum Gasteiger partial charge on any atom is 0.261 e. The van der Waals surface area contributed by atoms with Crippen molar-refractivity contribution in [2.24, 2.45) is 5.73 Å². The molecule has 4 N–H and O–H groups in total. The van der Waals surface area contributed by atoms with Crippen molar-refractivity contribution < 1.29 is 8.42 Å². The van der Waals surface area contributed by atoms with Crippen LogP contribution in [-0.2, 0) is 15.6 Å². The number of aromatic nitrogens is 3. The Bertz CT molecular complexity index is 2190. The molecule has 6 aromatic rings. The SMILES string of the molecule is Cl.Cl.Cl.NC1(c2ccc(-c3c(-c4cccc(NS(=O)(=O)c5ccccc5)c4)nc4n3-c3cccnc3Nc3ccccc3-4)cc2)CCC1. The zero-order valence-electron chi connectivity index (χ0n) is 25.5. The van der Waals surface area contributed by atoms with Crippen LogP contribution in [0.5, 0.6) is 0 Å². The van der Waals surface area contributed by atoms with Gasteiger partial charge in [0.05, 0.1) is 27.7 Å². The summed E-state index contributed by atoms with van der Waals surface area (Å²) in [4.78, 5) is 10.2. The number of fused-ring (bicyclic) bond motifs is 5. The predicted octanol–water partition coefficient (Wildman–Crippen LogP) is 8.73. The van der Waals surface area contributed by atoms with Gasteiger partial charge in [0.25, 0.3) is 10.0 Å². The maximum absolute atomic E-state index is 13.2. The smallest absolute Gasteiger partial charge is 0.261 e. The monoisotopic (exact) mass is 718 g/mol. The van der Waals surface area contributed by atoms with Crippen LogP contribution in [0.2, 0.25) is 0 Å². The molecule has 0 bridgehead atoms. The quantitative estimate of drug-likeness (QED) is 0.158. The van der Waals surface area contributed by atoms with Crippen LogP contribution in [0.4, 0.5) is 17.2 Å². The first kappa shape index (κ1) is 34.9. The minimum absolute atomic E-state index is 0. The van der Waals surface area contributed by atoms with Crippen molar-refractivity contribution in [3.63, 3.8) is 0 Å². The number of nitrogens with two attached hydrogens (primary N) is 1. The van der Waals surface area contributed by atoms with Gasteiger partial charge in [-0.3, -0.25) is 9.29 Å². The lowest BCUT2D eigenvalue weighted by atomic mass is 9.72. The predicted molar refractivity (Wildman–Crippen MR) is 200 cm³/mol. The summed E-state index contributed by atoms with van der Waals surface area (Å²) >= 11 is 0. The number of pyridine rings is 1. The van der Waals surface area contributed by atoms with Gasteiger partial charge in [0.1, 0.15) is 5.82 Å². The van der Waals surface area contributed by atoms with E-state index in [1.54, 1.807) is 42.6 Å². The van der Waals surface area contributed by atoms with Crippen molar-refractivity contribution in [1.29, 1.82) is 0 Å². The molecule has 0 saturated heterocycles. The molecule has 3 heterocycles. The first-order valence-electron chi connectivity index (χ1n) is 14.9. The number of sulfonamides is 1. The van der Waals surface area contributed by atoms with Gasteiger partial charge in [-0.2, -0.15) is 0 Å². The molecule has 48 heavy (non-hydrogen) atoms. The summed E-state index contributed by atoms with van der Waals surface area (Å²) in [6, 6.07) is 36.2. The van der Waals surface area contributed by atoms with Crippen molar-refractivity contribution in [3.8, 4) is 39.6 Å². The minimum Gasteiger partial charge on any atom is -0.338 e. The summed E-state index contributed by atoms with van der Waals surface area (Å²) in [6.45, 7) is 0. The van der Waals surface area contributed by atoms with Crippen molar-refractivity contribution in [2.45, 2.75) is 29.7 Å². The molecule has 246 valence electrons. The van der Waals surface area contributed by atoms with Crippen LogP contribution in [0.3, 0.4) is 0 Å². The van der Waals surface area contributed by atoms with Crippen molar-refractivity contribution in [1.82, 2.24) is 14.5 Å². The van der Waals surface area contributed by atoms with Crippen molar-refractivity contribution in [3.05, 3.63) is 127 Å². The fourth-order valence-electron chi connectivity index (χ4n) is 6.24. The Morgan fingerprint density at radius 1 is 0.792 bits per heavy atom. The van der Waals surface area contributed by atoms with Crippen LogP contribution in [-0.4, -0.2) is 23.0 Å². The molecule has 2 aliphatic rings. The summed E-state index contributed by atoms with van der Waals surface area (Å²) in [7, 11) is -3.78. The lowest BCUT2D eigenvalue weighted by Crippen LogP contribution is -2.43. The fraction of sp³-hybridized carbons (Fsp3) is 0.111. The highest BCUT2D eigenvalue weighted by atomic mass is 35.5. The van der Waals surface area contributed by atoms with Gasteiger partial charge < -0.3 is 11.1 Å². The molecule has 0 unspecified atom stereocenters. The summed E-state index contributed by atoms with van der Waals surface area (Å²) in [5.41, 5.74) is 14.0. The second-order valence-corrected chi connectivity index (χ2v) is 13.3. The molecule has 1 aliphatic carbocycles. The lowest BCUT2D eigenvalue weighted by Gasteiger charge is -2.38. The van der Waals surface area contributed by atoms with Gasteiger partial charge in [0.2, 0.25) is 0 Å². The molecule has 0 atom stereocenters. The topological polar surface area (TPSA) is 115 Å². The van der Waals surface area contributed by atoms with Gasteiger partial charge in [0, 0.05) is 34.1 Å². The Labute approximate surface area is 298 Å². The molecule has 0 amide bonds. The number of hydrogen-bond acceptors (Lipinski definition) is 6. The van der Waals surface area contributed by atoms with E-state index >= 15 is 0 Å².